The van der Waals surface area contributed by atoms with Crippen molar-refractivity contribution < 1.29 is 4.74 Å². The molecule has 0 spiro atoms. The highest BCUT2D eigenvalue weighted by Crippen LogP contribution is 2.31. The average molecular weight is 205 g/mol. The third kappa shape index (κ3) is 2.07. The monoisotopic (exact) mass is 205 g/mol. The second kappa shape index (κ2) is 4.53. The largest absolute Gasteiger partial charge is 0.495 e. The fourth-order valence-electron chi connectivity index (χ4n) is 1.98. The lowest BCUT2D eigenvalue weighted by molar-refractivity contribution is 0.413. The molecule has 2 rings (SSSR count). The quantitative estimate of drug-likeness (QED) is 0.787. The van der Waals surface area contributed by atoms with Gasteiger partial charge in [-0.3, -0.25) is 0 Å². The number of benzene rings is 1. The first-order valence-electron chi connectivity index (χ1n) is 5.27. The molecule has 0 saturated carbocycles. The number of anilines is 1. The van der Waals surface area contributed by atoms with Gasteiger partial charge in [-0.1, -0.05) is 12.1 Å². The minimum Gasteiger partial charge on any atom is -0.495 e. The fraction of sp³-hybridized carbons (Fsp3) is 0.417. The van der Waals surface area contributed by atoms with Crippen LogP contribution in [0.1, 0.15) is 5.56 Å². The van der Waals surface area contributed by atoms with Crippen molar-refractivity contribution in [1.82, 2.24) is 5.32 Å². The molecule has 0 aromatic heterocycles. The van der Waals surface area contributed by atoms with E-state index in [1.165, 1.54) is 0 Å². The van der Waals surface area contributed by atoms with Gasteiger partial charge in [0.1, 0.15) is 5.75 Å². The molecule has 0 atom stereocenters. The van der Waals surface area contributed by atoms with Gasteiger partial charge in [0.25, 0.3) is 0 Å². The Hall–Kier alpha value is -1.22. The molecule has 1 fully saturated rings. The van der Waals surface area contributed by atoms with Crippen molar-refractivity contribution in [2.45, 2.75) is 0 Å². The maximum absolute atomic E-state index is 5.38. The van der Waals surface area contributed by atoms with Crippen LogP contribution in [0.2, 0.25) is 0 Å². The van der Waals surface area contributed by atoms with Gasteiger partial charge in [0.15, 0.2) is 0 Å². The lowest BCUT2D eigenvalue weighted by atomic mass is 10.1. The summed E-state index contributed by atoms with van der Waals surface area (Å²) < 4.78 is 5.38. The molecule has 1 aromatic carbocycles. The molecular weight excluding hydrogens is 188 g/mol. The summed E-state index contributed by atoms with van der Waals surface area (Å²) in [5, 5.41) is 3.34. The molecule has 3 heteroatoms. The third-order valence-electron chi connectivity index (χ3n) is 2.74. The smallest absolute Gasteiger partial charge is 0.142 e. The zero-order valence-corrected chi connectivity index (χ0v) is 9.12. The van der Waals surface area contributed by atoms with E-state index in [2.05, 4.69) is 17.1 Å². The minimum atomic E-state index is 0.921. The Kier molecular flexibility index (Phi) is 3.11. The maximum Gasteiger partial charge on any atom is 0.142 e. The highest BCUT2D eigenvalue weighted by Gasteiger charge is 2.16. The van der Waals surface area contributed by atoms with Crippen molar-refractivity contribution in [1.29, 1.82) is 0 Å². The number of nitrogens with zero attached hydrogens (tertiary/aromatic N) is 1. The van der Waals surface area contributed by atoms with Crippen LogP contribution in [0, 0.1) is 6.92 Å². The van der Waals surface area contributed by atoms with E-state index in [9.17, 15) is 0 Å². The van der Waals surface area contributed by atoms with E-state index in [4.69, 9.17) is 4.74 Å². The Labute approximate surface area is 91.0 Å². The van der Waals surface area contributed by atoms with Gasteiger partial charge in [0.05, 0.1) is 12.8 Å². The summed E-state index contributed by atoms with van der Waals surface area (Å²) in [7, 11) is 1.71. The number of hydrogen-bond acceptors (Lipinski definition) is 3. The number of hydrogen-bond donors (Lipinski definition) is 1. The van der Waals surface area contributed by atoms with Gasteiger partial charge < -0.3 is 15.0 Å². The zero-order chi connectivity index (χ0) is 10.7. The molecule has 1 N–H and O–H groups in total. The van der Waals surface area contributed by atoms with Crippen LogP contribution in [0.25, 0.3) is 0 Å². The van der Waals surface area contributed by atoms with Crippen molar-refractivity contribution in [2.75, 3.05) is 38.2 Å². The first-order chi connectivity index (χ1) is 7.33. The lowest BCUT2D eigenvalue weighted by Crippen LogP contribution is -2.43. The van der Waals surface area contributed by atoms with Gasteiger partial charge in [-0.05, 0) is 18.6 Å². The summed E-state index contributed by atoms with van der Waals surface area (Å²) in [6, 6.07) is 6.00. The van der Waals surface area contributed by atoms with Crippen LogP contribution in [-0.4, -0.2) is 33.3 Å². The van der Waals surface area contributed by atoms with E-state index in [1.807, 2.05) is 18.2 Å². The van der Waals surface area contributed by atoms with Gasteiger partial charge in [-0.25, -0.2) is 0 Å². The molecular formula is C12H17N2O. The number of rotatable bonds is 2. The Morgan fingerprint density at radius 3 is 2.73 bits per heavy atom. The molecule has 3 nitrogen and oxygen atoms in total. The normalized spacial score (nSPS) is 16.5. The number of piperazine rings is 1. The van der Waals surface area contributed by atoms with E-state index in [0.717, 1.165) is 43.2 Å². The van der Waals surface area contributed by atoms with Crippen LogP contribution in [-0.2, 0) is 0 Å². The summed E-state index contributed by atoms with van der Waals surface area (Å²) in [5.41, 5.74) is 2.18. The summed E-state index contributed by atoms with van der Waals surface area (Å²) in [5.74, 6) is 0.921. The highest BCUT2D eigenvalue weighted by molar-refractivity contribution is 5.65. The molecule has 0 unspecified atom stereocenters. The molecule has 1 aliphatic rings. The molecule has 0 aliphatic carbocycles. The van der Waals surface area contributed by atoms with Crippen LogP contribution < -0.4 is 15.0 Å². The number of nitrogens with one attached hydrogen (secondary N) is 1. The summed E-state index contributed by atoms with van der Waals surface area (Å²) in [4.78, 5) is 2.33. The van der Waals surface area contributed by atoms with E-state index < -0.39 is 0 Å². The maximum atomic E-state index is 5.38. The zero-order valence-electron chi connectivity index (χ0n) is 9.12. The molecule has 81 valence electrons. The topological polar surface area (TPSA) is 24.5 Å². The van der Waals surface area contributed by atoms with Gasteiger partial charge in [0, 0.05) is 26.2 Å². The van der Waals surface area contributed by atoms with E-state index in [-0.39, 0.29) is 0 Å². The predicted molar refractivity (Wildman–Crippen MR) is 62.5 cm³/mol. The van der Waals surface area contributed by atoms with Crippen molar-refractivity contribution in [3.63, 3.8) is 0 Å². The summed E-state index contributed by atoms with van der Waals surface area (Å²) in [6.45, 7) is 8.15. The van der Waals surface area contributed by atoms with Crippen LogP contribution in [0.3, 0.4) is 0 Å². The first-order valence-corrected chi connectivity index (χ1v) is 5.27. The second-order valence-corrected chi connectivity index (χ2v) is 3.71. The van der Waals surface area contributed by atoms with E-state index >= 15 is 0 Å². The lowest BCUT2D eigenvalue weighted by Gasteiger charge is -2.31. The number of ether oxygens (including phenoxy) is 1. The van der Waals surface area contributed by atoms with Gasteiger partial charge in [-0.15, -0.1) is 0 Å². The highest BCUT2D eigenvalue weighted by atomic mass is 16.5. The van der Waals surface area contributed by atoms with E-state index in [1.54, 1.807) is 7.11 Å². The van der Waals surface area contributed by atoms with Crippen LogP contribution >= 0.6 is 0 Å². The molecule has 0 bridgehead atoms. The van der Waals surface area contributed by atoms with Gasteiger partial charge in [0.2, 0.25) is 0 Å². The van der Waals surface area contributed by atoms with Crippen molar-refractivity contribution in [2.24, 2.45) is 0 Å². The summed E-state index contributed by atoms with van der Waals surface area (Å²) >= 11 is 0. The predicted octanol–water partition coefficient (Wildman–Crippen LogP) is 1.29. The van der Waals surface area contributed by atoms with Crippen LogP contribution in [0.5, 0.6) is 5.75 Å². The Bertz CT molecular complexity index is 332. The third-order valence-corrected chi connectivity index (χ3v) is 2.74. The van der Waals surface area contributed by atoms with Crippen molar-refractivity contribution in [3.8, 4) is 5.75 Å². The minimum absolute atomic E-state index is 0.921. The van der Waals surface area contributed by atoms with E-state index in [0.29, 0.717) is 0 Å². The molecule has 1 aliphatic heterocycles. The van der Waals surface area contributed by atoms with Crippen molar-refractivity contribution >= 4 is 5.69 Å². The molecule has 0 amide bonds. The molecule has 1 saturated heterocycles. The Balaban J connectivity index is 2.31. The number of methoxy groups -OCH3 is 1. The fourth-order valence-corrected chi connectivity index (χ4v) is 1.98. The molecule has 15 heavy (non-hydrogen) atoms. The molecule has 1 radical (unpaired) electrons. The standard InChI is InChI=1S/C12H17N2O/c1-10-4-3-5-11(15-2)12(10)14-8-6-13-7-9-14/h3-5,13H,1,6-9H2,2H3. The van der Waals surface area contributed by atoms with Gasteiger partial charge in [-0.2, -0.15) is 0 Å². The SMILES string of the molecule is [CH2]c1cccc(OC)c1N1CCNCC1. The van der Waals surface area contributed by atoms with Crippen LogP contribution in [0.15, 0.2) is 18.2 Å². The van der Waals surface area contributed by atoms with Crippen LogP contribution in [0.4, 0.5) is 5.69 Å². The first kappa shape index (κ1) is 10.3. The molecule has 1 heterocycles. The average Bonchev–Trinajstić information content (AvgIpc) is 2.29. The molecule has 1 aromatic rings. The Morgan fingerprint density at radius 1 is 1.33 bits per heavy atom. The van der Waals surface area contributed by atoms with Crippen molar-refractivity contribution in [3.05, 3.63) is 30.7 Å². The Morgan fingerprint density at radius 2 is 2.07 bits per heavy atom. The summed E-state index contributed by atoms with van der Waals surface area (Å²) in [6.07, 6.45) is 0. The number of para-hydroxylation sites is 1. The second-order valence-electron chi connectivity index (χ2n) is 3.71. The van der Waals surface area contributed by atoms with Gasteiger partial charge >= 0.3 is 0 Å².